The Bertz CT molecular complexity index is 1660. The minimum absolute atomic E-state index is 0.0124. The predicted octanol–water partition coefficient (Wildman–Crippen LogP) is 5.78. The molecule has 0 unspecified atom stereocenters. The fourth-order valence-corrected chi connectivity index (χ4v) is 4.75. The Balaban J connectivity index is 1.32. The largest absolute Gasteiger partial charge is 0.497 e. The fraction of sp³-hybridized carbons (Fsp3) is 0.138. The lowest BCUT2D eigenvalue weighted by atomic mass is 10.1. The maximum absolute atomic E-state index is 13.9. The molecule has 10 heteroatoms. The van der Waals surface area contributed by atoms with Crippen molar-refractivity contribution in [3.05, 3.63) is 93.2 Å². The van der Waals surface area contributed by atoms with E-state index in [1.807, 2.05) is 0 Å². The molecule has 0 bridgehead atoms. The van der Waals surface area contributed by atoms with Crippen LogP contribution in [0.25, 0.3) is 27.9 Å². The molecular formula is C29H22FNO7S. The molecule has 0 aliphatic carbocycles. The van der Waals surface area contributed by atoms with Gasteiger partial charge in [0.25, 0.3) is 11.1 Å². The third kappa shape index (κ3) is 5.51. The Morgan fingerprint density at radius 3 is 2.28 bits per heavy atom. The summed E-state index contributed by atoms with van der Waals surface area (Å²) in [4.78, 5) is 37.0. The van der Waals surface area contributed by atoms with Gasteiger partial charge in [0.05, 0.1) is 17.4 Å². The summed E-state index contributed by atoms with van der Waals surface area (Å²) in [5.74, 6) is 0.367. The number of hydrogen-bond donors (Lipinski definition) is 1. The van der Waals surface area contributed by atoms with Crippen molar-refractivity contribution in [1.82, 2.24) is 5.32 Å². The lowest BCUT2D eigenvalue weighted by Crippen LogP contribution is -2.18. The van der Waals surface area contributed by atoms with Gasteiger partial charge in [-0.2, -0.15) is 0 Å². The molecule has 1 aliphatic rings. The molecule has 1 aromatic heterocycles. The highest BCUT2D eigenvalue weighted by atomic mass is 32.2. The third-order valence-electron chi connectivity index (χ3n) is 6.01. The summed E-state index contributed by atoms with van der Waals surface area (Å²) in [6, 6.07) is 17.7. The number of allylic oxidation sites excluding steroid dienone is 1. The van der Waals surface area contributed by atoms with Gasteiger partial charge in [0, 0.05) is 5.56 Å². The number of nitrogens with one attached hydrogen (secondary N) is 1. The zero-order chi connectivity index (χ0) is 27.5. The van der Waals surface area contributed by atoms with E-state index in [1.165, 1.54) is 12.1 Å². The molecule has 0 saturated carbocycles. The van der Waals surface area contributed by atoms with Crippen LogP contribution in [-0.4, -0.2) is 31.5 Å². The van der Waals surface area contributed by atoms with Crippen LogP contribution < -0.4 is 25.0 Å². The second-order valence-corrected chi connectivity index (χ2v) is 9.46. The molecule has 2 amide bonds. The van der Waals surface area contributed by atoms with E-state index < -0.39 is 22.4 Å². The van der Waals surface area contributed by atoms with E-state index in [9.17, 15) is 18.8 Å². The molecule has 3 aromatic carbocycles. The number of benzene rings is 3. The van der Waals surface area contributed by atoms with E-state index in [2.05, 4.69) is 5.32 Å². The Kier molecular flexibility index (Phi) is 7.38. The number of amides is 2. The molecule has 8 nitrogen and oxygen atoms in total. The van der Waals surface area contributed by atoms with Crippen molar-refractivity contribution < 1.29 is 32.6 Å². The van der Waals surface area contributed by atoms with Crippen LogP contribution in [0, 0.1) is 5.82 Å². The Labute approximate surface area is 226 Å². The molecule has 0 spiro atoms. The summed E-state index contributed by atoms with van der Waals surface area (Å²) >= 11 is 0.871. The monoisotopic (exact) mass is 547 g/mol. The Morgan fingerprint density at radius 1 is 0.923 bits per heavy atom. The van der Waals surface area contributed by atoms with Crippen LogP contribution in [0.4, 0.5) is 9.18 Å². The number of fused-ring (bicyclic) bond motifs is 1. The number of methoxy groups -OCH3 is 1. The summed E-state index contributed by atoms with van der Waals surface area (Å²) in [5, 5.41) is 1.92. The van der Waals surface area contributed by atoms with Crippen molar-refractivity contribution >= 4 is 39.5 Å². The zero-order valence-corrected chi connectivity index (χ0v) is 21.7. The number of rotatable bonds is 8. The van der Waals surface area contributed by atoms with Gasteiger partial charge in [0.2, 0.25) is 11.2 Å². The molecule has 0 atom stereocenters. The molecule has 2 heterocycles. The molecule has 1 aliphatic heterocycles. The maximum Gasteiger partial charge on any atom is 0.290 e. The number of imide groups is 1. The molecule has 39 heavy (non-hydrogen) atoms. The van der Waals surface area contributed by atoms with Crippen LogP contribution in [0.15, 0.2) is 80.8 Å². The maximum atomic E-state index is 13.9. The standard InChI is InChI=1S/C29H22FNO7S/c1-16(27-28(33)31-29(34)39-27)17-3-10-21(11-4-17)36-13-14-37-26-24(32)22-15-19(30)7-12-23(22)38-25(26)18-5-8-20(35-2)9-6-18/h3-12,15H,13-14H2,1-2H3,(H,31,33,34). The summed E-state index contributed by atoms with van der Waals surface area (Å²) in [6.07, 6.45) is 0. The van der Waals surface area contributed by atoms with Gasteiger partial charge in [-0.05, 0) is 84.4 Å². The molecular weight excluding hydrogens is 525 g/mol. The van der Waals surface area contributed by atoms with Crippen LogP contribution in [-0.2, 0) is 4.79 Å². The van der Waals surface area contributed by atoms with Crippen molar-refractivity contribution in [2.75, 3.05) is 20.3 Å². The van der Waals surface area contributed by atoms with Crippen LogP contribution in [0.3, 0.4) is 0 Å². The van der Waals surface area contributed by atoms with Gasteiger partial charge >= 0.3 is 0 Å². The SMILES string of the molecule is COc1ccc(-c2oc3ccc(F)cc3c(=O)c2OCCOc2ccc(C(C)=C3SC(=O)NC3=O)cc2)cc1. The van der Waals surface area contributed by atoms with E-state index in [4.69, 9.17) is 18.6 Å². The molecule has 5 rings (SSSR count). The highest BCUT2D eigenvalue weighted by molar-refractivity contribution is 8.18. The average molecular weight is 548 g/mol. The van der Waals surface area contributed by atoms with E-state index in [0.29, 0.717) is 27.5 Å². The van der Waals surface area contributed by atoms with E-state index in [1.54, 1.807) is 62.6 Å². The second kappa shape index (κ2) is 11.0. The van der Waals surface area contributed by atoms with Crippen LogP contribution in [0.5, 0.6) is 17.2 Å². The highest BCUT2D eigenvalue weighted by Gasteiger charge is 2.27. The Hall–Kier alpha value is -4.57. The number of halogens is 1. The van der Waals surface area contributed by atoms with Gasteiger partial charge in [-0.25, -0.2) is 4.39 Å². The van der Waals surface area contributed by atoms with Gasteiger partial charge in [0.1, 0.15) is 36.1 Å². The van der Waals surface area contributed by atoms with Crippen molar-refractivity contribution in [2.45, 2.75) is 6.92 Å². The van der Waals surface area contributed by atoms with Crippen LogP contribution >= 0.6 is 11.8 Å². The van der Waals surface area contributed by atoms with Gasteiger partial charge in [-0.1, -0.05) is 12.1 Å². The van der Waals surface area contributed by atoms with E-state index >= 15 is 0 Å². The summed E-state index contributed by atoms with van der Waals surface area (Å²) in [7, 11) is 1.55. The van der Waals surface area contributed by atoms with E-state index in [-0.39, 0.29) is 35.7 Å². The second-order valence-electron chi connectivity index (χ2n) is 8.48. The highest BCUT2D eigenvalue weighted by Crippen LogP contribution is 2.33. The lowest BCUT2D eigenvalue weighted by molar-refractivity contribution is -0.115. The first-order chi connectivity index (χ1) is 18.8. The summed E-state index contributed by atoms with van der Waals surface area (Å²) < 4.78 is 36.6. The van der Waals surface area contributed by atoms with Gasteiger partial charge in [-0.15, -0.1) is 0 Å². The van der Waals surface area contributed by atoms with Crippen molar-refractivity contribution in [2.24, 2.45) is 0 Å². The first-order valence-electron chi connectivity index (χ1n) is 11.8. The van der Waals surface area contributed by atoms with Crippen molar-refractivity contribution in [3.8, 4) is 28.6 Å². The van der Waals surface area contributed by atoms with Gasteiger partial charge in [0.15, 0.2) is 5.76 Å². The first-order valence-corrected chi connectivity index (χ1v) is 12.7. The van der Waals surface area contributed by atoms with Gasteiger partial charge < -0.3 is 18.6 Å². The van der Waals surface area contributed by atoms with Crippen molar-refractivity contribution in [1.29, 1.82) is 0 Å². The molecule has 1 N–H and O–H groups in total. The molecule has 0 radical (unpaired) electrons. The molecule has 1 fully saturated rings. The minimum atomic E-state index is -0.561. The fourth-order valence-electron chi connectivity index (χ4n) is 4.01. The summed E-state index contributed by atoms with van der Waals surface area (Å²) in [6.45, 7) is 1.89. The number of carbonyl (C=O) groups is 2. The minimum Gasteiger partial charge on any atom is -0.497 e. The third-order valence-corrected chi connectivity index (χ3v) is 6.99. The topological polar surface area (TPSA) is 104 Å². The summed E-state index contributed by atoms with van der Waals surface area (Å²) in [5.41, 5.74) is 1.78. The molecule has 4 aromatic rings. The van der Waals surface area contributed by atoms with Gasteiger partial charge in [-0.3, -0.25) is 19.7 Å². The molecule has 198 valence electrons. The number of carbonyl (C=O) groups excluding carboxylic acids is 2. The lowest BCUT2D eigenvalue weighted by Gasteiger charge is -2.13. The quantitative estimate of drug-likeness (QED) is 0.219. The number of thioether (sulfide) groups is 1. The number of ether oxygens (including phenoxy) is 3. The zero-order valence-electron chi connectivity index (χ0n) is 20.9. The molecule has 1 saturated heterocycles. The average Bonchev–Trinajstić information content (AvgIpc) is 3.29. The van der Waals surface area contributed by atoms with E-state index in [0.717, 1.165) is 23.4 Å². The van der Waals surface area contributed by atoms with Crippen LogP contribution in [0.2, 0.25) is 0 Å². The normalized spacial score (nSPS) is 14.3. The smallest absolute Gasteiger partial charge is 0.290 e. The van der Waals surface area contributed by atoms with Crippen molar-refractivity contribution in [3.63, 3.8) is 0 Å². The number of hydrogen-bond acceptors (Lipinski definition) is 8. The van der Waals surface area contributed by atoms with Crippen LogP contribution in [0.1, 0.15) is 12.5 Å². The Morgan fingerprint density at radius 2 is 1.62 bits per heavy atom. The predicted molar refractivity (Wildman–Crippen MR) is 146 cm³/mol. The first kappa shape index (κ1) is 26.1.